The third kappa shape index (κ3) is 3.75. The highest BCUT2D eigenvalue weighted by molar-refractivity contribution is 5.85. The van der Waals surface area contributed by atoms with E-state index in [9.17, 15) is 9.90 Å². The molecule has 0 amide bonds. The number of likely N-dealkylation sites (tertiary alicyclic amines) is 1. The largest absolute Gasteiger partial charge is 0.458 e. The van der Waals surface area contributed by atoms with Crippen LogP contribution in [0.5, 0.6) is 0 Å². The highest BCUT2D eigenvalue weighted by atomic mass is 16.6. The standard InChI is InChI=1S/C21H25NO3/c1-2-22-15-9-14-19(16-22)25-20(23)21(24,17-10-5-3-6-11-17)18-12-7-4-8-13-18/h3-8,10-13,19,24H,2,9,14-16H2,1H3. The Kier molecular flexibility index (Phi) is 5.51. The Hall–Kier alpha value is -2.17. The van der Waals surface area contributed by atoms with E-state index < -0.39 is 11.6 Å². The minimum absolute atomic E-state index is 0.180. The van der Waals surface area contributed by atoms with Crippen LogP contribution in [-0.4, -0.2) is 41.7 Å². The van der Waals surface area contributed by atoms with Gasteiger partial charge in [-0.15, -0.1) is 0 Å². The molecule has 1 unspecified atom stereocenters. The van der Waals surface area contributed by atoms with Crippen molar-refractivity contribution < 1.29 is 14.6 Å². The molecule has 0 bridgehead atoms. The van der Waals surface area contributed by atoms with Gasteiger partial charge in [-0.3, -0.25) is 4.90 Å². The zero-order valence-corrected chi connectivity index (χ0v) is 14.6. The summed E-state index contributed by atoms with van der Waals surface area (Å²) in [6, 6.07) is 18.0. The van der Waals surface area contributed by atoms with Crippen LogP contribution >= 0.6 is 0 Å². The minimum atomic E-state index is -1.79. The lowest BCUT2D eigenvalue weighted by Crippen LogP contribution is -2.45. The number of benzene rings is 2. The molecule has 1 atom stereocenters. The maximum absolute atomic E-state index is 13.0. The molecule has 4 heteroatoms. The molecule has 1 heterocycles. The molecule has 25 heavy (non-hydrogen) atoms. The third-order valence-electron chi connectivity index (χ3n) is 4.86. The van der Waals surface area contributed by atoms with Gasteiger partial charge in [-0.2, -0.15) is 0 Å². The van der Waals surface area contributed by atoms with Gasteiger partial charge in [-0.1, -0.05) is 67.6 Å². The molecule has 0 radical (unpaired) electrons. The van der Waals surface area contributed by atoms with Crippen molar-refractivity contribution in [3.8, 4) is 0 Å². The summed E-state index contributed by atoms with van der Waals surface area (Å²) in [7, 11) is 0. The van der Waals surface area contributed by atoms with Crippen LogP contribution in [0.4, 0.5) is 0 Å². The van der Waals surface area contributed by atoms with Gasteiger partial charge in [-0.05, 0) is 37.1 Å². The second-order valence-electron chi connectivity index (χ2n) is 6.51. The monoisotopic (exact) mass is 339 g/mol. The molecule has 1 aliphatic rings. The summed E-state index contributed by atoms with van der Waals surface area (Å²) in [4.78, 5) is 15.3. The van der Waals surface area contributed by atoms with E-state index >= 15 is 0 Å². The van der Waals surface area contributed by atoms with E-state index in [0.717, 1.165) is 32.5 Å². The van der Waals surface area contributed by atoms with Crippen LogP contribution in [0.2, 0.25) is 0 Å². The molecule has 1 fully saturated rings. The Labute approximate surface area is 149 Å². The average Bonchev–Trinajstić information content (AvgIpc) is 2.68. The number of hydrogen-bond acceptors (Lipinski definition) is 4. The number of ether oxygens (including phenoxy) is 1. The molecule has 0 aromatic heterocycles. The van der Waals surface area contributed by atoms with E-state index in [0.29, 0.717) is 11.1 Å². The fourth-order valence-corrected chi connectivity index (χ4v) is 3.39. The van der Waals surface area contributed by atoms with E-state index in [-0.39, 0.29) is 6.10 Å². The second-order valence-corrected chi connectivity index (χ2v) is 6.51. The Bertz CT molecular complexity index is 647. The summed E-state index contributed by atoms with van der Waals surface area (Å²) in [5.74, 6) is -0.604. The van der Waals surface area contributed by atoms with Gasteiger partial charge in [0.15, 0.2) is 0 Å². The maximum atomic E-state index is 13.0. The van der Waals surface area contributed by atoms with Gasteiger partial charge in [0.05, 0.1) is 0 Å². The van der Waals surface area contributed by atoms with Crippen molar-refractivity contribution in [3.63, 3.8) is 0 Å². The zero-order valence-electron chi connectivity index (χ0n) is 14.6. The van der Waals surface area contributed by atoms with E-state index in [1.54, 1.807) is 24.3 Å². The molecule has 0 saturated carbocycles. The zero-order chi connectivity index (χ0) is 17.7. The molecule has 1 N–H and O–H groups in total. The molecule has 0 spiro atoms. The van der Waals surface area contributed by atoms with Crippen molar-refractivity contribution in [1.82, 2.24) is 4.90 Å². The average molecular weight is 339 g/mol. The predicted molar refractivity (Wildman–Crippen MR) is 97.1 cm³/mol. The van der Waals surface area contributed by atoms with Crippen molar-refractivity contribution in [2.45, 2.75) is 31.5 Å². The van der Waals surface area contributed by atoms with Gasteiger partial charge in [0, 0.05) is 6.54 Å². The first-order chi connectivity index (χ1) is 12.1. The summed E-state index contributed by atoms with van der Waals surface area (Å²) < 4.78 is 5.77. The lowest BCUT2D eigenvalue weighted by molar-refractivity contribution is -0.170. The molecule has 3 rings (SSSR count). The van der Waals surface area contributed by atoms with Crippen molar-refractivity contribution in [2.24, 2.45) is 0 Å². The molecular formula is C21H25NO3. The Morgan fingerprint density at radius 3 is 2.20 bits per heavy atom. The first-order valence-electron chi connectivity index (χ1n) is 8.91. The van der Waals surface area contributed by atoms with Gasteiger partial charge < -0.3 is 9.84 Å². The van der Waals surface area contributed by atoms with E-state index in [2.05, 4.69) is 11.8 Å². The highest BCUT2D eigenvalue weighted by Crippen LogP contribution is 2.32. The maximum Gasteiger partial charge on any atom is 0.348 e. The SMILES string of the molecule is CCN1CCCC(OC(=O)C(O)(c2ccccc2)c2ccccc2)C1. The fourth-order valence-electron chi connectivity index (χ4n) is 3.39. The van der Waals surface area contributed by atoms with Crippen molar-refractivity contribution in [2.75, 3.05) is 19.6 Å². The smallest absolute Gasteiger partial charge is 0.348 e. The summed E-state index contributed by atoms with van der Waals surface area (Å²) in [6.07, 6.45) is 1.66. The first kappa shape index (κ1) is 17.6. The van der Waals surface area contributed by atoms with Gasteiger partial charge in [0.2, 0.25) is 5.60 Å². The topological polar surface area (TPSA) is 49.8 Å². The molecular weight excluding hydrogens is 314 g/mol. The van der Waals surface area contributed by atoms with E-state index in [4.69, 9.17) is 4.74 Å². The number of aliphatic hydroxyl groups is 1. The predicted octanol–water partition coefficient (Wildman–Crippen LogP) is 2.95. The Morgan fingerprint density at radius 1 is 1.12 bits per heavy atom. The number of rotatable bonds is 5. The van der Waals surface area contributed by atoms with Gasteiger partial charge in [0.1, 0.15) is 6.10 Å². The van der Waals surface area contributed by atoms with Crippen LogP contribution in [0.15, 0.2) is 60.7 Å². The number of piperidine rings is 1. The fraction of sp³-hybridized carbons (Fsp3) is 0.381. The van der Waals surface area contributed by atoms with Crippen molar-refractivity contribution >= 4 is 5.97 Å². The molecule has 132 valence electrons. The van der Waals surface area contributed by atoms with Crippen LogP contribution in [0.25, 0.3) is 0 Å². The number of carbonyl (C=O) groups is 1. The molecule has 1 aliphatic heterocycles. The first-order valence-corrected chi connectivity index (χ1v) is 8.91. The molecule has 2 aromatic rings. The lowest BCUT2D eigenvalue weighted by atomic mass is 9.86. The number of hydrogen-bond donors (Lipinski definition) is 1. The molecule has 0 aliphatic carbocycles. The normalized spacial score (nSPS) is 18.7. The number of likely N-dealkylation sites (N-methyl/N-ethyl adjacent to an activating group) is 1. The number of carbonyl (C=O) groups excluding carboxylic acids is 1. The summed E-state index contributed by atoms with van der Waals surface area (Å²) in [5.41, 5.74) is -0.750. The third-order valence-corrected chi connectivity index (χ3v) is 4.86. The number of esters is 1. The highest BCUT2D eigenvalue weighted by Gasteiger charge is 2.43. The molecule has 1 saturated heterocycles. The van der Waals surface area contributed by atoms with Crippen LogP contribution in [0.3, 0.4) is 0 Å². The Morgan fingerprint density at radius 2 is 1.68 bits per heavy atom. The van der Waals surface area contributed by atoms with Crippen molar-refractivity contribution in [3.05, 3.63) is 71.8 Å². The van der Waals surface area contributed by atoms with Crippen LogP contribution in [0, 0.1) is 0 Å². The van der Waals surface area contributed by atoms with Crippen LogP contribution < -0.4 is 0 Å². The second kappa shape index (κ2) is 7.81. The van der Waals surface area contributed by atoms with Gasteiger partial charge in [-0.25, -0.2) is 4.79 Å². The van der Waals surface area contributed by atoms with Crippen molar-refractivity contribution in [1.29, 1.82) is 0 Å². The van der Waals surface area contributed by atoms with Crippen LogP contribution in [0.1, 0.15) is 30.9 Å². The van der Waals surface area contributed by atoms with Crippen LogP contribution in [-0.2, 0) is 15.1 Å². The lowest BCUT2D eigenvalue weighted by Gasteiger charge is -2.34. The van der Waals surface area contributed by atoms with Gasteiger partial charge in [0.25, 0.3) is 0 Å². The molecule has 4 nitrogen and oxygen atoms in total. The summed E-state index contributed by atoms with van der Waals surface area (Å²) >= 11 is 0. The minimum Gasteiger partial charge on any atom is -0.458 e. The summed E-state index contributed by atoms with van der Waals surface area (Å²) in [5, 5.41) is 11.4. The Balaban J connectivity index is 1.88. The van der Waals surface area contributed by atoms with Gasteiger partial charge >= 0.3 is 5.97 Å². The quantitative estimate of drug-likeness (QED) is 0.851. The van der Waals surface area contributed by atoms with E-state index in [1.807, 2.05) is 36.4 Å². The molecule has 2 aromatic carbocycles. The number of nitrogens with zero attached hydrogens (tertiary/aromatic N) is 1. The van der Waals surface area contributed by atoms with E-state index in [1.165, 1.54) is 0 Å². The summed E-state index contributed by atoms with van der Waals surface area (Å²) in [6.45, 7) is 4.80.